The van der Waals surface area contributed by atoms with Crippen molar-refractivity contribution in [3.05, 3.63) is 41.6 Å². The molecule has 3 aromatic heterocycles. The second kappa shape index (κ2) is 5.77. The molecule has 0 N–H and O–H groups in total. The molecule has 0 aliphatic heterocycles. The smallest absolute Gasteiger partial charge is 0.360 e. The predicted molar refractivity (Wildman–Crippen MR) is 90.4 cm³/mol. The highest BCUT2D eigenvalue weighted by Crippen LogP contribution is 2.39. The van der Waals surface area contributed by atoms with E-state index in [1.807, 2.05) is 6.20 Å². The standard InChI is InChI=1S/C16H18BN5O2/c1-2-24-16(23)14-9-22(20-19-14)8-12-7-21-6-11(10-3-4-10)5-13(17)15(21)18-12/h5-7,9-10H,2-4,8,17H2,1H3. The van der Waals surface area contributed by atoms with Crippen LogP contribution < -0.4 is 5.46 Å². The summed E-state index contributed by atoms with van der Waals surface area (Å²) in [6.45, 7) is 2.55. The van der Waals surface area contributed by atoms with Crippen molar-refractivity contribution in [2.45, 2.75) is 32.2 Å². The van der Waals surface area contributed by atoms with Crippen LogP contribution in [0.15, 0.2) is 24.7 Å². The van der Waals surface area contributed by atoms with Crippen LogP contribution in [-0.4, -0.2) is 44.8 Å². The van der Waals surface area contributed by atoms with Crippen molar-refractivity contribution in [2.75, 3.05) is 6.61 Å². The van der Waals surface area contributed by atoms with Crippen molar-refractivity contribution < 1.29 is 9.53 Å². The molecule has 7 nitrogen and oxygen atoms in total. The zero-order valence-electron chi connectivity index (χ0n) is 13.8. The maximum Gasteiger partial charge on any atom is 0.360 e. The van der Waals surface area contributed by atoms with E-state index in [2.05, 4.69) is 39.8 Å². The third kappa shape index (κ3) is 2.79. The van der Waals surface area contributed by atoms with Crippen LogP contribution in [0.4, 0.5) is 0 Å². The van der Waals surface area contributed by atoms with Crippen LogP contribution in [0, 0.1) is 0 Å². The van der Waals surface area contributed by atoms with Crippen molar-refractivity contribution in [3.63, 3.8) is 0 Å². The Balaban J connectivity index is 1.58. The molecule has 0 atom stereocenters. The highest BCUT2D eigenvalue weighted by molar-refractivity contribution is 6.36. The van der Waals surface area contributed by atoms with E-state index in [0.717, 1.165) is 11.3 Å². The highest BCUT2D eigenvalue weighted by Gasteiger charge is 2.24. The molecule has 24 heavy (non-hydrogen) atoms. The summed E-state index contributed by atoms with van der Waals surface area (Å²) in [4.78, 5) is 16.3. The summed E-state index contributed by atoms with van der Waals surface area (Å²) in [5.41, 5.74) is 4.62. The van der Waals surface area contributed by atoms with E-state index in [0.29, 0.717) is 19.1 Å². The van der Waals surface area contributed by atoms with E-state index in [1.54, 1.807) is 17.8 Å². The Morgan fingerprint density at radius 1 is 1.38 bits per heavy atom. The van der Waals surface area contributed by atoms with E-state index in [1.165, 1.54) is 23.9 Å². The first-order valence-electron chi connectivity index (χ1n) is 8.19. The molecule has 0 aromatic carbocycles. The molecule has 1 saturated carbocycles. The average molecular weight is 323 g/mol. The van der Waals surface area contributed by atoms with Gasteiger partial charge in [0, 0.05) is 12.4 Å². The number of esters is 1. The number of ether oxygens (including phenoxy) is 1. The zero-order chi connectivity index (χ0) is 16.7. The van der Waals surface area contributed by atoms with Crippen molar-refractivity contribution in [1.82, 2.24) is 24.4 Å². The van der Waals surface area contributed by atoms with Crippen LogP contribution in [0.1, 0.15) is 47.4 Å². The van der Waals surface area contributed by atoms with Crippen molar-refractivity contribution in [2.24, 2.45) is 0 Å². The Kier molecular flexibility index (Phi) is 3.59. The average Bonchev–Trinajstić information content (AvgIpc) is 3.16. The fourth-order valence-corrected chi connectivity index (χ4v) is 2.90. The van der Waals surface area contributed by atoms with Crippen LogP contribution in [0.2, 0.25) is 0 Å². The minimum absolute atomic E-state index is 0.216. The summed E-state index contributed by atoms with van der Waals surface area (Å²) in [6.07, 6.45) is 8.33. The van der Waals surface area contributed by atoms with Crippen LogP contribution in [0.3, 0.4) is 0 Å². The summed E-state index contributed by atoms with van der Waals surface area (Å²) in [7, 11) is 2.09. The molecule has 0 spiro atoms. The Morgan fingerprint density at radius 3 is 2.96 bits per heavy atom. The molecule has 4 rings (SSSR count). The molecule has 3 heterocycles. The third-order valence-electron chi connectivity index (χ3n) is 4.20. The number of hydrogen-bond acceptors (Lipinski definition) is 5. The SMILES string of the molecule is Bc1cc(C2CC2)cn2cc(Cn3cc(C(=O)OCC)nn3)nc12. The molecule has 1 aliphatic rings. The van der Waals surface area contributed by atoms with Gasteiger partial charge in [0.25, 0.3) is 0 Å². The Bertz CT molecular complexity index is 912. The van der Waals surface area contributed by atoms with E-state index >= 15 is 0 Å². The number of pyridine rings is 1. The van der Waals surface area contributed by atoms with E-state index < -0.39 is 5.97 Å². The van der Waals surface area contributed by atoms with Gasteiger partial charge < -0.3 is 9.14 Å². The van der Waals surface area contributed by atoms with Crippen molar-refractivity contribution in [3.8, 4) is 0 Å². The first-order valence-corrected chi connectivity index (χ1v) is 8.19. The summed E-state index contributed by atoms with van der Waals surface area (Å²) >= 11 is 0. The lowest BCUT2D eigenvalue weighted by Gasteiger charge is -2.03. The number of hydrogen-bond donors (Lipinski definition) is 0. The van der Waals surface area contributed by atoms with E-state index in [9.17, 15) is 4.79 Å². The second-order valence-corrected chi connectivity index (χ2v) is 6.22. The topological polar surface area (TPSA) is 74.3 Å². The highest BCUT2D eigenvalue weighted by atomic mass is 16.5. The summed E-state index contributed by atoms with van der Waals surface area (Å²) < 4.78 is 8.61. The molecule has 0 bridgehead atoms. The predicted octanol–water partition coefficient (Wildman–Crippen LogP) is 0.287. The molecule has 0 amide bonds. The number of fused-ring (bicyclic) bond motifs is 1. The lowest BCUT2D eigenvalue weighted by Crippen LogP contribution is -2.09. The molecular weight excluding hydrogens is 305 g/mol. The van der Waals surface area contributed by atoms with Crippen molar-refractivity contribution in [1.29, 1.82) is 0 Å². The van der Waals surface area contributed by atoms with E-state index in [-0.39, 0.29) is 5.69 Å². The summed E-state index contributed by atoms with van der Waals surface area (Å²) in [5, 5.41) is 7.83. The molecule has 3 aromatic rings. The van der Waals surface area contributed by atoms with Gasteiger partial charge in [0.2, 0.25) is 0 Å². The van der Waals surface area contributed by atoms with Gasteiger partial charge in [-0.2, -0.15) is 0 Å². The van der Waals surface area contributed by atoms with E-state index in [4.69, 9.17) is 4.74 Å². The Morgan fingerprint density at radius 2 is 2.21 bits per heavy atom. The minimum Gasteiger partial charge on any atom is -0.461 e. The number of carbonyl (C=O) groups excluding carboxylic acids is 1. The number of nitrogens with zero attached hydrogens (tertiary/aromatic N) is 5. The molecule has 122 valence electrons. The van der Waals surface area contributed by atoms with Gasteiger partial charge in [-0.1, -0.05) is 11.3 Å². The van der Waals surface area contributed by atoms with Crippen LogP contribution >= 0.6 is 0 Å². The fourth-order valence-electron chi connectivity index (χ4n) is 2.90. The lowest BCUT2D eigenvalue weighted by molar-refractivity contribution is 0.0519. The molecule has 8 heteroatoms. The largest absolute Gasteiger partial charge is 0.461 e. The van der Waals surface area contributed by atoms with Crippen LogP contribution in [-0.2, 0) is 11.3 Å². The van der Waals surface area contributed by atoms with Gasteiger partial charge >= 0.3 is 5.97 Å². The third-order valence-corrected chi connectivity index (χ3v) is 4.20. The molecule has 0 saturated heterocycles. The zero-order valence-corrected chi connectivity index (χ0v) is 13.8. The second-order valence-electron chi connectivity index (χ2n) is 6.22. The van der Waals surface area contributed by atoms with Gasteiger partial charge in [0.05, 0.1) is 25.0 Å². The van der Waals surface area contributed by atoms with Gasteiger partial charge in [0.15, 0.2) is 5.69 Å². The van der Waals surface area contributed by atoms with Gasteiger partial charge in [0.1, 0.15) is 13.5 Å². The maximum atomic E-state index is 11.6. The monoisotopic (exact) mass is 323 g/mol. The van der Waals surface area contributed by atoms with Crippen molar-refractivity contribution >= 4 is 24.9 Å². The quantitative estimate of drug-likeness (QED) is 0.498. The molecule has 1 aliphatic carbocycles. The van der Waals surface area contributed by atoms with Gasteiger partial charge in [-0.3, -0.25) is 0 Å². The first-order chi connectivity index (χ1) is 11.6. The number of imidazole rings is 1. The minimum atomic E-state index is -0.455. The maximum absolute atomic E-state index is 11.6. The lowest BCUT2D eigenvalue weighted by atomic mass is 9.95. The molecule has 0 unspecified atom stereocenters. The molecule has 0 radical (unpaired) electrons. The van der Waals surface area contributed by atoms with Gasteiger partial charge in [-0.15, -0.1) is 5.10 Å². The first kappa shape index (κ1) is 14.9. The summed E-state index contributed by atoms with van der Waals surface area (Å²) in [6, 6.07) is 2.23. The normalized spacial score (nSPS) is 14.2. The number of carbonyl (C=O) groups is 1. The number of aromatic nitrogens is 5. The number of rotatable bonds is 5. The van der Waals surface area contributed by atoms with Gasteiger partial charge in [-0.25, -0.2) is 14.5 Å². The Hall–Kier alpha value is -2.64. The van der Waals surface area contributed by atoms with Gasteiger partial charge in [-0.05, 0) is 36.7 Å². The summed E-state index contributed by atoms with van der Waals surface area (Å²) in [5.74, 6) is 0.255. The fraction of sp³-hybridized carbons (Fsp3) is 0.375. The van der Waals surface area contributed by atoms with Crippen LogP contribution in [0.25, 0.3) is 5.65 Å². The molecular formula is C16H18BN5O2. The van der Waals surface area contributed by atoms with Crippen LogP contribution in [0.5, 0.6) is 0 Å². The Labute approximate surface area is 140 Å². The molecule has 1 fully saturated rings.